The van der Waals surface area contributed by atoms with Crippen molar-refractivity contribution in [2.75, 3.05) is 20.5 Å². The van der Waals surface area contributed by atoms with Crippen LogP contribution >= 0.6 is 11.8 Å². The number of nitrogens with zero attached hydrogens (tertiary/aromatic N) is 1. The topological polar surface area (TPSA) is 49.7 Å². The molecule has 0 N–H and O–H groups in total. The molecule has 0 bridgehead atoms. The Morgan fingerprint density at radius 2 is 1.76 bits per heavy atom. The maximum Gasteiger partial charge on any atom is 0.255 e. The van der Waals surface area contributed by atoms with Crippen LogP contribution in [0, 0.1) is 5.82 Å². The van der Waals surface area contributed by atoms with Crippen molar-refractivity contribution in [3.8, 4) is 17.2 Å². The van der Waals surface area contributed by atoms with E-state index in [1.165, 1.54) is 12.1 Å². The molecule has 0 amide bonds. The van der Waals surface area contributed by atoms with Gasteiger partial charge in [0.15, 0.2) is 18.3 Å². The van der Waals surface area contributed by atoms with Crippen molar-refractivity contribution in [1.29, 1.82) is 0 Å². The number of hydrogen-bond donors (Lipinski definition) is 0. The molecule has 8 heteroatoms. The molecule has 0 saturated carbocycles. The second kappa shape index (κ2) is 11.5. The summed E-state index contributed by atoms with van der Waals surface area (Å²) in [5.74, 6) is 1.46. The fourth-order valence-electron chi connectivity index (χ4n) is 2.99. The fourth-order valence-corrected chi connectivity index (χ4v) is 4.59. The van der Waals surface area contributed by atoms with Gasteiger partial charge >= 0.3 is 0 Å². The van der Waals surface area contributed by atoms with Crippen molar-refractivity contribution >= 4 is 19.8 Å². The van der Waals surface area contributed by atoms with Gasteiger partial charge in [-0.05, 0) is 54.1 Å². The predicted octanol–water partition coefficient (Wildman–Crippen LogP) is 5.97. The zero-order valence-electron chi connectivity index (χ0n) is 19.5. The van der Waals surface area contributed by atoms with Crippen LogP contribution in [0.1, 0.15) is 5.56 Å². The first-order chi connectivity index (χ1) is 15.7. The van der Waals surface area contributed by atoms with Gasteiger partial charge in [0.05, 0.1) is 12.8 Å². The van der Waals surface area contributed by atoms with Gasteiger partial charge in [0.25, 0.3) is 5.56 Å². The maximum atomic E-state index is 13.0. The van der Waals surface area contributed by atoms with Gasteiger partial charge in [-0.1, -0.05) is 19.6 Å². The summed E-state index contributed by atoms with van der Waals surface area (Å²) < 4.78 is 31.4. The lowest BCUT2D eigenvalue weighted by atomic mass is 10.2. The number of halogens is 1. The smallest absolute Gasteiger partial charge is 0.255 e. The minimum absolute atomic E-state index is 0.141. The molecule has 1 heterocycles. The summed E-state index contributed by atoms with van der Waals surface area (Å²) >= 11 is 1.55. The number of aromatic nitrogens is 1. The highest BCUT2D eigenvalue weighted by atomic mass is 32.2. The molecule has 0 unspecified atom stereocenters. The highest BCUT2D eigenvalue weighted by molar-refractivity contribution is 7.98. The van der Waals surface area contributed by atoms with E-state index in [1.807, 2.05) is 12.1 Å². The van der Waals surface area contributed by atoms with Crippen LogP contribution in [0.4, 0.5) is 4.39 Å². The SMILES string of the molecule is COc1cc(-n2ccc(CSc3ccc(F)cc3)cc2=O)ccc1OCOCC[Si](C)(C)C. The number of rotatable bonds is 11. The van der Waals surface area contributed by atoms with Crippen LogP contribution in [0.5, 0.6) is 11.5 Å². The Balaban J connectivity index is 1.63. The summed E-state index contributed by atoms with van der Waals surface area (Å²) in [6, 6.07) is 16.3. The molecule has 0 aliphatic carbocycles. The van der Waals surface area contributed by atoms with E-state index in [2.05, 4.69) is 19.6 Å². The van der Waals surface area contributed by atoms with Gasteiger partial charge in [0.1, 0.15) is 5.82 Å². The number of pyridine rings is 1. The number of benzene rings is 2. The molecule has 5 nitrogen and oxygen atoms in total. The summed E-state index contributed by atoms with van der Waals surface area (Å²) in [5, 5.41) is 0. The van der Waals surface area contributed by atoms with E-state index in [0.29, 0.717) is 29.5 Å². The molecule has 1 aromatic heterocycles. The minimum atomic E-state index is -1.14. The Kier molecular flexibility index (Phi) is 8.77. The van der Waals surface area contributed by atoms with Crippen LogP contribution in [0.15, 0.2) is 70.5 Å². The van der Waals surface area contributed by atoms with E-state index < -0.39 is 8.07 Å². The predicted molar refractivity (Wildman–Crippen MR) is 134 cm³/mol. The Labute approximate surface area is 199 Å². The normalized spacial score (nSPS) is 11.4. The van der Waals surface area contributed by atoms with Crippen molar-refractivity contribution in [1.82, 2.24) is 4.57 Å². The molecule has 176 valence electrons. The fraction of sp³-hybridized carbons (Fsp3) is 0.320. The minimum Gasteiger partial charge on any atom is -0.493 e. The van der Waals surface area contributed by atoms with Crippen molar-refractivity contribution < 1.29 is 18.6 Å². The summed E-state index contributed by atoms with van der Waals surface area (Å²) in [7, 11) is 0.430. The quantitative estimate of drug-likeness (QED) is 0.144. The Morgan fingerprint density at radius 3 is 2.42 bits per heavy atom. The molecule has 0 radical (unpaired) electrons. The molecule has 0 aliphatic rings. The lowest BCUT2D eigenvalue weighted by Crippen LogP contribution is -2.22. The Morgan fingerprint density at radius 1 is 1.00 bits per heavy atom. The average molecular weight is 488 g/mol. The van der Waals surface area contributed by atoms with Crippen LogP contribution in [0.2, 0.25) is 25.7 Å². The molecule has 2 aromatic carbocycles. The molecule has 0 aliphatic heterocycles. The van der Waals surface area contributed by atoms with E-state index >= 15 is 0 Å². The summed E-state index contributed by atoms with van der Waals surface area (Å²) in [6.45, 7) is 7.74. The van der Waals surface area contributed by atoms with Gasteiger partial charge in [-0.2, -0.15) is 0 Å². The van der Waals surface area contributed by atoms with Gasteiger partial charge in [-0.15, -0.1) is 11.8 Å². The highest BCUT2D eigenvalue weighted by Crippen LogP contribution is 2.29. The maximum absolute atomic E-state index is 13.0. The summed E-state index contributed by atoms with van der Waals surface area (Å²) in [5.41, 5.74) is 1.44. The summed E-state index contributed by atoms with van der Waals surface area (Å²) in [4.78, 5) is 13.7. The van der Waals surface area contributed by atoms with Crippen LogP contribution in [-0.4, -0.2) is 33.2 Å². The number of thioether (sulfide) groups is 1. The number of hydrogen-bond acceptors (Lipinski definition) is 5. The third kappa shape index (κ3) is 7.77. The second-order valence-electron chi connectivity index (χ2n) is 8.80. The lowest BCUT2D eigenvalue weighted by Gasteiger charge is -2.16. The van der Waals surface area contributed by atoms with Gasteiger partial charge in [-0.3, -0.25) is 9.36 Å². The zero-order valence-corrected chi connectivity index (χ0v) is 21.3. The van der Waals surface area contributed by atoms with E-state index in [0.717, 1.165) is 16.5 Å². The van der Waals surface area contributed by atoms with Crippen molar-refractivity contribution in [3.05, 3.63) is 82.5 Å². The molecule has 0 atom stereocenters. The highest BCUT2D eigenvalue weighted by Gasteiger charge is 2.13. The largest absolute Gasteiger partial charge is 0.493 e. The Hall–Kier alpha value is -2.55. The first-order valence-corrected chi connectivity index (χ1v) is 15.4. The number of methoxy groups -OCH3 is 1. The molecule has 33 heavy (non-hydrogen) atoms. The molecule has 3 rings (SSSR count). The molecular weight excluding hydrogens is 457 g/mol. The standard InChI is InChI=1S/C25H30FNO4SSi/c1-29-24-16-21(7-10-23(24)31-18-30-13-14-33(2,3)4)27-12-11-19(15-25(27)28)17-32-22-8-5-20(26)6-9-22/h5-12,15-16H,13-14,17-18H2,1-4H3. The van der Waals surface area contributed by atoms with Gasteiger partial charge in [0, 0.05) is 43.7 Å². The average Bonchev–Trinajstić information content (AvgIpc) is 2.78. The van der Waals surface area contributed by atoms with Gasteiger partial charge in [-0.25, -0.2) is 4.39 Å². The van der Waals surface area contributed by atoms with Gasteiger partial charge in [0.2, 0.25) is 0 Å². The van der Waals surface area contributed by atoms with E-state index in [-0.39, 0.29) is 18.2 Å². The van der Waals surface area contributed by atoms with Crippen LogP contribution in [0.3, 0.4) is 0 Å². The molecular formula is C25H30FNO4SSi. The van der Waals surface area contributed by atoms with Crippen molar-refractivity contribution in [2.45, 2.75) is 36.3 Å². The monoisotopic (exact) mass is 487 g/mol. The second-order valence-corrected chi connectivity index (χ2v) is 15.5. The Bertz CT molecular complexity index is 1110. The molecule has 0 spiro atoms. The summed E-state index contributed by atoms with van der Waals surface area (Å²) in [6.07, 6.45) is 1.75. The molecule has 3 aromatic rings. The van der Waals surface area contributed by atoms with E-state index in [1.54, 1.807) is 60.0 Å². The number of ether oxygens (including phenoxy) is 3. The third-order valence-corrected chi connectivity index (χ3v) is 7.71. The lowest BCUT2D eigenvalue weighted by molar-refractivity contribution is 0.0205. The van der Waals surface area contributed by atoms with E-state index in [4.69, 9.17) is 14.2 Å². The zero-order chi connectivity index (χ0) is 23.8. The van der Waals surface area contributed by atoms with Crippen LogP contribution in [-0.2, 0) is 10.5 Å². The molecule has 0 saturated heterocycles. The first kappa shape index (κ1) is 25.1. The molecule has 0 fully saturated rings. The van der Waals surface area contributed by atoms with Crippen molar-refractivity contribution in [2.24, 2.45) is 0 Å². The first-order valence-electron chi connectivity index (χ1n) is 10.7. The van der Waals surface area contributed by atoms with E-state index in [9.17, 15) is 9.18 Å². The van der Waals surface area contributed by atoms with Crippen LogP contribution < -0.4 is 15.0 Å². The van der Waals surface area contributed by atoms with Crippen LogP contribution in [0.25, 0.3) is 5.69 Å². The van der Waals surface area contributed by atoms with Crippen molar-refractivity contribution in [3.63, 3.8) is 0 Å². The third-order valence-electron chi connectivity index (χ3n) is 4.92. The van der Waals surface area contributed by atoms with Gasteiger partial charge < -0.3 is 14.2 Å².